The average molecular weight is 364 g/mol. The van der Waals surface area contributed by atoms with E-state index in [9.17, 15) is 0 Å². The molecule has 0 aliphatic carbocycles. The number of aromatic nitrogens is 1. The minimum Gasteiger partial charge on any atom is -0.439 e. The van der Waals surface area contributed by atoms with E-state index in [0.717, 1.165) is 22.7 Å². The fourth-order valence-corrected chi connectivity index (χ4v) is 3.08. The number of rotatable bonds is 5. The zero-order chi connectivity index (χ0) is 18.4. The second-order valence-electron chi connectivity index (χ2n) is 5.93. The van der Waals surface area contributed by atoms with Crippen LogP contribution in [0, 0.1) is 18.3 Å². The number of aliphatic imine (C=N–C) groups is 2. The van der Waals surface area contributed by atoms with Crippen molar-refractivity contribution in [1.82, 2.24) is 10.3 Å². The molecule has 2 aromatic rings. The first-order valence-electron chi connectivity index (χ1n) is 8.28. The highest BCUT2D eigenvalue weighted by Crippen LogP contribution is 2.30. The number of nitrogens with zero attached hydrogens (tertiary/aromatic N) is 3. The monoisotopic (exact) mass is 364 g/mol. The van der Waals surface area contributed by atoms with E-state index in [-0.39, 0.29) is 12.0 Å². The first kappa shape index (κ1) is 17.9. The summed E-state index contributed by atoms with van der Waals surface area (Å²) >= 11 is 1.62. The molecule has 0 saturated carbocycles. The summed E-state index contributed by atoms with van der Waals surface area (Å²) in [6.45, 7) is 4.32. The second-order valence-corrected chi connectivity index (χ2v) is 6.71. The van der Waals surface area contributed by atoms with E-state index >= 15 is 0 Å². The summed E-state index contributed by atoms with van der Waals surface area (Å²) in [6.07, 6.45) is 14.6. The molecule has 0 radical (unpaired) electrons. The SMILES string of the molecule is C#CC(C)=CC=NCN=C1C=CC(C)C(c2cnc(-c3ccsc3)o2)N1. The van der Waals surface area contributed by atoms with Gasteiger partial charge < -0.3 is 9.73 Å². The first-order chi connectivity index (χ1) is 12.7. The summed E-state index contributed by atoms with van der Waals surface area (Å²) in [4.78, 5) is 13.1. The van der Waals surface area contributed by atoms with E-state index in [1.54, 1.807) is 29.8 Å². The van der Waals surface area contributed by atoms with E-state index in [4.69, 9.17) is 10.8 Å². The quantitative estimate of drug-likeness (QED) is 0.637. The standard InChI is InChI=1S/C20H20N4OS/c1-4-14(2)7-9-21-13-23-18-6-5-15(3)19(24-18)17-11-22-20(25-17)16-8-10-26-12-16/h1,5-12,15,19H,13H2,2-3H3,(H,23,24). The van der Waals surface area contributed by atoms with Crippen molar-refractivity contribution in [1.29, 1.82) is 0 Å². The fourth-order valence-electron chi connectivity index (χ4n) is 2.45. The molecule has 2 aromatic heterocycles. The van der Waals surface area contributed by atoms with Crippen molar-refractivity contribution in [2.24, 2.45) is 15.9 Å². The number of allylic oxidation sites excluding steroid dienone is 2. The molecule has 0 spiro atoms. The van der Waals surface area contributed by atoms with Crippen molar-refractivity contribution in [3.8, 4) is 23.8 Å². The van der Waals surface area contributed by atoms with Crippen LogP contribution in [0.2, 0.25) is 0 Å². The van der Waals surface area contributed by atoms with Gasteiger partial charge in [-0.05, 0) is 30.5 Å². The van der Waals surface area contributed by atoms with Gasteiger partial charge in [0, 0.05) is 28.6 Å². The third kappa shape index (κ3) is 4.38. The maximum Gasteiger partial charge on any atom is 0.227 e. The predicted molar refractivity (Wildman–Crippen MR) is 107 cm³/mol. The van der Waals surface area contributed by atoms with Crippen LogP contribution >= 0.6 is 11.3 Å². The van der Waals surface area contributed by atoms with Crippen LogP contribution in [0.25, 0.3) is 11.5 Å². The lowest BCUT2D eigenvalue weighted by Crippen LogP contribution is -2.34. The minimum absolute atomic E-state index is 0.00815. The lowest BCUT2D eigenvalue weighted by molar-refractivity contribution is 0.399. The first-order valence-corrected chi connectivity index (χ1v) is 9.22. The lowest BCUT2D eigenvalue weighted by Gasteiger charge is -2.25. The minimum atomic E-state index is -0.00815. The van der Waals surface area contributed by atoms with E-state index in [1.807, 2.05) is 29.8 Å². The Bertz CT molecular complexity index is 897. The van der Waals surface area contributed by atoms with E-state index < -0.39 is 0 Å². The van der Waals surface area contributed by atoms with Crippen molar-refractivity contribution in [2.45, 2.75) is 19.9 Å². The van der Waals surface area contributed by atoms with Crippen LogP contribution in [-0.2, 0) is 0 Å². The van der Waals surface area contributed by atoms with Crippen molar-refractivity contribution >= 4 is 23.4 Å². The van der Waals surface area contributed by atoms with Crippen LogP contribution in [0.15, 0.2) is 61.2 Å². The molecule has 3 rings (SSSR count). The van der Waals surface area contributed by atoms with Gasteiger partial charge in [-0.15, -0.1) is 6.42 Å². The summed E-state index contributed by atoms with van der Waals surface area (Å²) in [5.41, 5.74) is 1.83. The molecular formula is C20H20N4OS. The topological polar surface area (TPSA) is 62.8 Å². The number of hydrogen-bond donors (Lipinski definition) is 1. The maximum atomic E-state index is 5.96. The van der Waals surface area contributed by atoms with Gasteiger partial charge >= 0.3 is 0 Å². The van der Waals surface area contributed by atoms with Crippen LogP contribution in [0.3, 0.4) is 0 Å². The number of terminal acetylenes is 1. The Labute approximate surface area is 157 Å². The molecule has 6 heteroatoms. The van der Waals surface area contributed by atoms with Crippen LogP contribution in [0.1, 0.15) is 25.6 Å². The Hall–Kier alpha value is -2.91. The van der Waals surface area contributed by atoms with Crippen molar-refractivity contribution in [3.63, 3.8) is 0 Å². The van der Waals surface area contributed by atoms with E-state index in [0.29, 0.717) is 12.6 Å². The number of thiophene rings is 1. The lowest BCUT2D eigenvalue weighted by atomic mass is 9.96. The fraction of sp³-hybridized carbons (Fsp3) is 0.250. The van der Waals surface area contributed by atoms with Gasteiger partial charge in [-0.1, -0.05) is 18.9 Å². The summed E-state index contributed by atoms with van der Waals surface area (Å²) in [7, 11) is 0. The molecule has 0 saturated heterocycles. The average Bonchev–Trinajstić information content (AvgIpc) is 3.34. The Morgan fingerprint density at radius 1 is 1.54 bits per heavy atom. The Balaban J connectivity index is 1.67. The molecular weight excluding hydrogens is 344 g/mol. The highest BCUT2D eigenvalue weighted by Gasteiger charge is 2.25. The van der Waals surface area contributed by atoms with Crippen molar-refractivity contribution in [2.75, 3.05) is 6.67 Å². The molecule has 2 unspecified atom stereocenters. The van der Waals surface area contributed by atoms with Gasteiger partial charge in [0.15, 0.2) is 0 Å². The Morgan fingerprint density at radius 3 is 3.19 bits per heavy atom. The molecule has 1 N–H and O–H groups in total. The molecule has 2 atom stereocenters. The normalized spacial score (nSPS) is 21.9. The molecule has 26 heavy (non-hydrogen) atoms. The highest BCUT2D eigenvalue weighted by atomic mass is 32.1. The van der Waals surface area contributed by atoms with Crippen LogP contribution in [0.5, 0.6) is 0 Å². The van der Waals surface area contributed by atoms with Gasteiger partial charge in [-0.25, -0.2) is 9.98 Å². The number of amidine groups is 1. The van der Waals surface area contributed by atoms with Crippen LogP contribution < -0.4 is 5.32 Å². The molecule has 0 aromatic carbocycles. The van der Waals surface area contributed by atoms with E-state index in [1.165, 1.54) is 0 Å². The molecule has 1 aliphatic heterocycles. The molecule has 5 nitrogen and oxygen atoms in total. The van der Waals surface area contributed by atoms with Gasteiger partial charge in [0.1, 0.15) is 18.3 Å². The van der Waals surface area contributed by atoms with Gasteiger partial charge in [-0.3, -0.25) is 4.99 Å². The van der Waals surface area contributed by atoms with Gasteiger partial charge in [-0.2, -0.15) is 11.3 Å². The van der Waals surface area contributed by atoms with Gasteiger partial charge in [0.05, 0.1) is 12.2 Å². The van der Waals surface area contributed by atoms with Gasteiger partial charge in [0.25, 0.3) is 0 Å². The highest BCUT2D eigenvalue weighted by molar-refractivity contribution is 7.08. The largest absolute Gasteiger partial charge is 0.439 e. The smallest absolute Gasteiger partial charge is 0.227 e. The number of hydrogen-bond acceptors (Lipinski definition) is 5. The Kier molecular flexibility index (Phi) is 5.82. The summed E-state index contributed by atoms with van der Waals surface area (Å²) in [5.74, 6) is 5.02. The van der Waals surface area contributed by atoms with E-state index in [2.05, 4.69) is 39.2 Å². The predicted octanol–water partition coefficient (Wildman–Crippen LogP) is 4.25. The molecule has 0 fully saturated rings. The van der Waals surface area contributed by atoms with Crippen molar-refractivity contribution in [3.05, 3.63) is 52.6 Å². The summed E-state index contributed by atoms with van der Waals surface area (Å²) in [5, 5.41) is 7.43. The molecule has 0 amide bonds. The summed E-state index contributed by atoms with van der Waals surface area (Å²) in [6, 6.07) is 1.99. The second kappa shape index (κ2) is 8.45. The third-order valence-electron chi connectivity index (χ3n) is 3.97. The maximum absolute atomic E-state index is 5.96. The molecule has 0 bridgehead atoms. The molecule has 132 valence electrons. The number of nitrogens with one attached hydrogen (secondary N) is 1. The number of oxazole rings is 1. The zero-order valence-electron chi connectivity index (χ0n) is 14.7. The van der Waals surface area contributed by atoms with Crippen LogP contribution in [-0.4, -0.2) is 23.7 Å². The molecule has 1 aliphatic rings. The third-order valence-corrected chi connectivity index (χ3v) is 4.65. The van der Waals surface area contributed by atoms with Crippen molar-refractivity contribution < 1.29 is 4.42 Å². The Morgan fingerprint density at radius 2 is 2.42 bits per heavy atom. The molecule has 3 heterocycles. The van der Waals surface area contributed by atoms with Crippen LogP contribution in [0.4, 0.5) is 0 Å². The van der Waals surface area contributed by atoms with Gasteiger partial charge in [0.2, 0.25) is 5.89 Å². The zero-order valence-corrected chi connectivity index (χ0v) is 15.5. The summed E-state index contributed by atoms with van der Waals surface area (Å²) < 4.78 is 5.96.